The van der Waals surface area contributed by atoms with Gasteiger partial charge in [0.25, 0.3) is 0 Å². The van der Waals surface area contributed by atoms with E-state index in [0.29, 0.717) is 22.6 Å². The van der Waals surface area contributed by atoms with E-state index in [1.54, 1.807) is 55.5 Å². The maximum absolute atomic E-state index is 12.5. The van der Waals surface area contributed by atoms with Crippen molar-refractivity contribution in [2.75, 3.05) is 18.5 Å². The Kier molecular flexibility index (Phi) is 8.78. The number of ether oxygens (including phenoxy) is 2. The Labute approximate surface area is 180 Å². The maximum Gasteiger partial charge on any atom is 0.412 e. The Bertz CT molecular complexity index is 937. The predicted molar refractivity (Wildman–Crippen MR) is 114 cm³/mol. The van der Waals surface area contributed by atoms with Crippen molar-refractivity contribution in [1.29, 1.82) is 0 Å². The number of Topliss-reactive ketones (excluding diaryl/α,β-unsaturated/α-hetero) is 1. The van der Waals surface area contributed by atoms with E-state index in [-0.39, 0.29) is 19.0 Å². The Hall–Kier alpha value is -3.65. The minimum atomic E-state index is -1.11. The van der Waals surface area contributed by atoms with Crippen LogP contribution >= 0.6 is 0 Å². The summed E-state index contributed by atoms with van der Waals surface area (Å²) in [5, 5.41) is 20.5. The molecule has 0 aliphatic rings. The molecule has 2 aromatic carbocycles. The van der Waals surface area contributed by atoms with E-state index in [2.05, 4.69) is 5.32 Å². The van der Waals surface area contributed by atoms with Crippen molar-refractivity contribution in [3.63, 3.8) is 0 Å². The number of nitrogens with one attached hydrogen (secondary N) is 1. The highest BCUT2D eigenvalue weighted by atomic mass is 16.6. The van der Waals surface area contributed by atoms with Gasteiger partial charge in [0.15, 0.2) is 5.78 Å². The Balaban J connectivity index is 2.20. The van der Waals surface area contributed by atoms with Crippen LogP contribution in [0.1, 0.15) is 35.9 Å². The lowest BCUT2D eigenvalue weighted by atomic mass is 9.96. The van der Waals surface area contributed by atoms with Gasteiger partial charge >= 0.3 is 12.1 Å². The van der Waals surface area contributed by atoms with Crippen molar-refractivity contribution in [3.05, 3.63) is 71.8 Å². The molecule has 0 unspecified atom stereocenters. The van der Waals surface area contributed by atoms with Crippen LogP contribution in [0.3, 0.4) is 0 Å². The summed E-state index contributed by atoms with van der Waals surface area (Å²) in [4.78, 5) is 34.8. The minimum Gasteiger partial charge on any atom is -0.491 e. The van der Waals surface area contributed by atoms with Gasteiger partial charge in [-0.3, -0.25) is 10.1 Å². The van der Waals surface area contributed by atoms with Crippen LogP contribution in [0.2, 0.25) is 0 Å². The second-order valence-electron chi connectivity index (χ2n) is 6.79. The summed E-state index contributed by atoms with van der Waals surface area (Å²) < 4.78 is 11.0. The number of rotatable bonds is 10. The fraction of sp³-hybridized carbons (Fsp3) is 0.261. The fourth-order valence-corrected chi connectivity index (χ4v) is 2.81. The molecule has 1 amide bonds. The van der Waals surface area contributed by atoms with Gasteiger partial charge in [-0.25, -0.2) is 9.59 Å². The molecule has 0 aliphatic carbocycles. The van der Waals surface area contributed by atoms with E-state index in [0.717, 1.165) is 6.08 Å². The number of carboxylic acids is 1. The molecule has 0 radical (unpaired) electrons. The van der Waals surface area contributed by atoms with Crippen molar-refractivity contribution in [1.82, 2.24) is 0 Å². The first-order valence-corrected chi connectivity index (χ1v) is 9.63. The van der Waals surface area contributed by atoms with Gasteiger partial charge < -0.3 is 19.7 Å². The van der Waals surface area contributed by atoms with Gasteiger partial charge in [0, 0.05) is 23.2 Å². The van der Waals surface area contributed by atoms with Crippen LogP contribution < -0.4 is 10.1 Å². The third-order valence-corrected chi connectivity index (χ3v) is 4.34. The van der Waals surface area contributed by atoms with Crippen molar-refractivity contribution >= 4 is 23.5 Å². The lowest BCUT2D eigenvalue weighted by molar-refractivity contribution is -0.131. The first kappa shape index (κ1) is 23.6. The monoisotopic (exact) mass is 427 g/mol. The Morgan fingerprint density at radius 2 is 1.84 bits per heavy atom. The molecule has 0 saturated carbocycles. The number of anilines is 1. The summed E-state index contributed by atoms with van der Waals surface area (Å²) in [5.41, 5.74) is 1.56. The minimum absolute atomic E-state index is 0.0865. The molecule has 0 spiro atoms. The number of aliphatic hydroxyl groups excluding tert-OH is 1. The molecule has 2 atom stereocenters. The molecule has 0 heterocycles. The number of amides is 1. The summed E-state index contributed by atoms with van der Waals surface area (Å²) in [6.07, 6.45) is 0.886. The Morgan fingerprint density at radius 3 is 2.45 bits per heavy atom. The topological polar surface area (TPSA) is 122 Å². The Morgan fingerprint density at radius 1 is 1.13 bits per heavy atom. The average Bonchev–Trinajstić information content (AvgIpc) is 2.75. The second-order valence-corrected chi connectivity index (χ2v) is 6.79. The van der Waals surface area contributed by atoms with E-state index < -0.39 is 24.1 Å². The molecule has 2 rings (SSSR count). The molecule has 0 aliphatic heterocycles. The van der Waals surface area contributed by atoms with Crippen molar-refractivity contribution in [2.45, 2.75) is 20.0 Å². The zero-order valence-electron chi connectivity index (χ0n) is 17.3. The zero-order valence-corrected chi connectivity index (χ0v) is 17.3. The van der Waals surface area contributed by atoms with Gasteiger partial charge in [-0.15, -0.1) is 0 Å². The average molecular weight is 427 g/mol. The molecule has 2 aromatic rings. The van der Waals surface area contributed by atoms with Crippen molar-refractivity contribution in [2.24, 2.45) is 5.92 Å². The number of carbonyl (C=O) groups excluding carboxylic acids is 2. The highest BCUT2D eigenvalue weighted by molar-refractivity contribution is 5.95. The number of hydrogen-bond acceptors (Lipinski definition) is 6. The molecular formula is C23H25NO7. The number of aliphatic carboxylic acids is 1. The van der Waals surface area contributed by atoms with Gasteiger partial charge in [-0.1, -0.05) is 25.1 Å². The van der Waals surface area contributed by atoms with Crippen molar-refractivity contribution in [3.8, 4) is 5.75 Å². The van der Waals surface area contributed by atoms with Gasteiger partial charge in [0.2, 0.25) is 0 Å². The number of carbonyl (C=O) groups is 3. The van der Waals surface area contributed by atoms with Crippen LogP contribution in [0.25, 0.3) is 0 Å². The molecule has 0 fully saturated rings. The van der Waals surface area contributed by atoms with Crippen LogP contribution in [0.5, 0.6) is 5.75 Å². The summed E-state index contributed by atoms with van der Waals surface area (Å²) >= 11 is 0. The van der Waals surface area contributed by atoms with Crippen LogP contribution in [0, 0.1) is 5.92 Å². The lowest BCUT2D eigenvalue weighted by Gasteiger charge is -2.23. The summed E-state index contributed by atoms with van der Waals surface area (Å²) in [5.74, 6) is -1.18. The number of carboxylic acid groups (broad SMARTS) is 1. The highest BCUT2D eigenvalue weighted by Gasteiger charge is 2.23. The quantitative estimate of drug-likeness (QED) is 0.389. The number of aliphatic hydroxyl groups is 1. The first-order valence-electron chi connectivity index (χ1n) is 9.63. The van der Waals surface area contributed by atoms with E-state index in [4.69, 9.17) is 19.7 Å². The van der Waals surface area contributed by atoms with Crippen LogP contribution in [0.15, 0.2) is 60.7 Å². The third-order valence-electron chi connectivity index (χ3n) is 4.34. The molecule has 31 heavy (non-hydrogen) atoms. The van der Waals surface area contributed by atoms with E-state index in [1.807, 2.05) is 0 Å². The fourth-order valence-electron chi connectivity index (χ4n) is 2.81. The standard InChI is InChI=1S/C23H25NO7/c1-15(6-11-21(27)28)22(18-4-3-5-20(14-18)30-13-12-25)31-23(29)24-19-9-7-17(8-10-19)16(2)26/h3-11,14-15,22,25H,12-13H2,1-2H3,(H,24,29)(H,27,28)/b11-6+/t15-,22-/m0/s1. The molecule has 164 valence electrons. The van der Waals surface area contributed by atoms with Gasteiger partial charge in [-0.05, 0) is 48.9 Å². The zero-order chi connectivity index (χ0) is 22.8. The molecule has 0 bridgehead atoms. The van der Waals surface area contributed by atoms with Crippen molar-refractivity contribution < 1.29 is 34.1 Å². The summed E-state index contributed by atoms with van der Waals surface area (Å²) in [6.45, 7) is 3.14. The second kappa shape index (κ2) is 11.5. The van der Waals surface area contributed by atoms with Crippen LogP contribution in [-0.4, -0.2) is 41.3 Å². The van der Waals surface area contributed by atoms with E-state index in [1.165, 1.54) is 13.0 Å². The largest absolute Gasteiger partial charge is 0.491 e. The molecule has 3 N–H and O–H groups in total. The van der Waals surface area contributed by atoms with Gasteiger partial charge in [0.1, 0.15) is 18.5 Å². The lowest BCUT2D eigenvalue weighted by Crippen LogP contribution is -2.21. The molecule has 0 saturated heterocycles. The smallest absolute Gasteiger partial charge is 0.412 e. The molecule has 8 heteroatoms. The number of hydrogen-bond donors (Lipinski definition) is 3. The van der Waals surface area contributed by atoms with Gasteiger partial charge in [-0.2, -0.15) is 0 Å². The maximum atomic E-state index is 12.5. The van der Waals surface area contributed by atoms with Crippen LogP contribution in [0.4, 0.5) is 10.5 Å². The molecular weight excluding hydrogens is 402 g/mol. The third kappa shape index (κ3) is 7.60. The van der Waals surface area contributed by atoms with Crippen LogP contribution in [-0.2, 0) is 9.53 Å². The first-order chi connectivity index (χ1) is 14.8. The number of benzene rings is 2. The normalized spacial score (nSPS) is 12.7. The summed E-state index contributed by atoms with van der Waals surface area (Å²) in [7, 11) is 0. The highest BCUT2D eigenvalue weighted by Crippen LogP contribution is 2.30. The molecule has 8 nitrogen and oxygen atoms in total. The summed E-state index contributed by atoms with van der Waals surface area (Å²) in [6, 6.07) is 13.2. The SMILES string of the molecule is CC(=O)c1ccc(NC(=O)O[C@H](c2cccc(OCCO)c2)[C@@H](C)/C=C/C(=O)O)cc1. The predicted octanol–water partition coefficient (Wildman–Crippen LogP) is 3.83. The van der Waals surface area contributed by atoms with Gasteiger partial charge in [0.05, 0.1) is 6.61 Å². The van der Waals surface area contributed by atoms with E-state index >= 15 is 0 Å². The number of ketones is 1. The van der Waals surface area contributed by atoms with E-state index in [9.17, 15) is 14.4 Å². The molecule has 0 aromatic heterocycles.